The van der Waals surface area contributed by atoms with Gasteiger partial charge in [-0.2, -0.15) is 0 Å². The number of hydrogen-bond donors (Lipinski definition) is 1. The molecule has 2 aromatic heterocycles. The molecule has 0 saturated carbocycles. The summed E-state index contributed by atoms with van der Waals surface area (Å²) in [7, 11) is 0. The van der Waals surface area contributed by atoms with Crippen molar-refractivity contribution in [3.8, 4) is 5.75 Å². The van der Waals surface area contributed by atoms with Crippen LogP contribution in [0.5, 0.6) is 5.75 Å². The summed E-state index contributed by atoms with van der Waals surface area (Å²) in [4.78, 5) is 31.2. The second-order valence-electron chi connectivity index (χ2n) is 5.24. The Morgan fingerprint density at radius 2 is 2.00 bits per heavy atom. The van der Waals surface area contributed by atoms with Gasteiger partial charge in [-0.05, 0) is 44.9 Å². The highest BCUT2D eigenvalue weighted by Crippen LogP contribution is 2.21. The summed E-state index contributed by atoms with van der Waals surface area (Å²) in [5.41, 5.74) is 3.46. The van der Waals surface area contributed by atoms with Gasteiger partial charge < -0.3 is 9.72 Å². The van der Waals surface area contributed by atoms with Crippen molar-refractivity contribution in [2.24, 2.45) is 0 Å². The topological polar surface area (TPSA) is 72.0 Å². The van der Waals surface area contributed by atoms with Crippen LogP contribution in [0.25, 0.3) is 0 Å². The molecule has 2 aromatic rings. The van der Waals surface area contributed by atoms with Gasteiger partial charge in [0.25, 0.3) is 0 Å². The van der Waals surface area contributed by atoms with Gasteiger partial charge in [-0.25, -0.2) is 0 Å². The zero-order chi connectivity index (χ0) is 16.3. The molecule has 0 aliphatic carbocycles. The molecule has 5 nitrogen and oxygen atoms in total. The van der Waals surface area contributed by atoms with Crippen LogP contribution in [0.4, 0.5) is 0 Å². The molecule has 2 rings (SSSR count). The molecule has 0 fully saturated rings. The Hall–Kier alpha value is -2.43. The lowest BCUT2D eigenvalue weighted by Gasteiger charge is -2.06. The molecule has 0 atom stereocenters. The van der Waals surface area contributed by atoms with Crippen LogP contribution >= 0.6 is 0 Å². The Morgan fingerprint density at radius 3 is 2.55 bits per heavy atom. The van der Waals surface area contributed by atoms with Crippen molar-refractivity contribution < 1.29 is 14.3 Å². The largest absolute Gasteiger partial charge is 0.484 e. The van der Waals surface area contributed by atoms with Crippen molar-refractivity contribution in [3.63, 3.8) is 0 Å². The predicted molar refractivity (Wildman–Crippen MR) is 83.7 cm³/mol. The smallest absolute Gasteiger partial charge is 0.216 e. The fourth-order valence-electron chi connectivity index (χ4n) is 2.51. The maximum absolute atomic E-state index is 12.4. The van der Waals surface area contributed by atoms with Gasteiger partial charge in [0.15, 0.2) is 12.4 Å². The number of H-pyrrole nitrogens is 1. The van der Waals surface area contributed by atoms with Crippen molar-refractivity contribution in [2.75, 3.05) is 6.61 Å². The molecule has 0 bridgehead atoms. The van der Waals surface area contributed by atoms with Crippen LogP contribution < -0.4 is 4.74 Å². The van der Waals surface area contributed by atoms with E-state index in [0.717, 1.165) is 17.0 Å². The van der Waals surface area contributed by atoms with E-state index in [1.54, 1.807) is 19.2 Å². The molecule has 0 radical (unpaired) electrons. The summed E-state index contributed by atoms with van der Waals surface area (Å²) in [5.74, 6) is 0.341. The third-order valence-corrected chi connectivity index (χ3v) is 3.53. The van der Waals surface area contributed by atoms with E-state index in [4.69, 9.17) is 4.74 Å². The highest BCUT2D eigenvalue weighted by molar-refractivity contribution is 6.03. The standard InChI is InChI=1S/C17H20N2O3/c1-5-14-16(12(4)20)11(3)19-17(14)15(21)9-22-13-7-6-10(2)18-8-13/h6-8,19H,5,9H2,1-4H3. The number of aromatic amines is 1. The number of Topliss-reactive ketones (excluding diaryl/α,β-unsaturated/α-hetero) is 2. The maximum atomic E-state index is 12.4. The number of nitrogens with one attached hydrogen (secondary N) is 1. The van der Waals surface area contributed by atoms with Crippen molar-refractivity contribution in [3.05, 3.63) is 46.5 Å². The summed E-state index contributed by atoms with van der Waals surface area (Å²) in [5, 5.41) is 0. The monoisotopic (exact) mass is 300 g/mol. The van der Waals surface area contributed by atoms with Gasteiger partial charge in [-0.3, -0.25) is 14.6 Å². The Balaban J connectivity index is 2.17. The SMILES string of the molecule is CCc1c(C(=O)COc2ccc(C)nc2)[nH]c(C)c1C(C)=O. The van der Waals surface area contributed by atoms with Crippen LogP contribution in [0.1, 0.15) is 51.6 Å². The highest BCUT2D eigenvalue weighted by atomic mass is 16.5. The lowest BCUT2D eigenvalue weighted by Crippen LogP contribution is -2.14. The minimum atomic E-state index is -0.173. The number of pyridine rings is 1. The lowest BCUT2D eigenvalue weighted by atomic mass is 10.0. The summed E-state index contributed by atoms with van der Waals surface area (Å²) < 4.78 is 5.47. The maximum Gasteiger partial charge on any atom is 0.216 e. The Labute approximate surface area is 129 Å². The van der Waals surface area contributed by atoms with Crippen molar-refractivity contribution in [2.45, 2.75) is 34.1 Å². The van der Waals surface area contributed by atoms with Crippen LogP contribution in [0, 0.1) is 13.8 Å². The molecule has 1 N–H and O–H groups in total. The third-order valence-electron chi connectivity index (χ3n) is 3.53. The molecule has 116 valence electrons. The number of rotatable bonds is 6. The Morgan fingerprint density at radius 1 is 1.27 bits per heavy atom. The minimum absolute atomic E-state index is 0.0340. The van der Waals surface area contributed by atoms with E-state index in [0.29, 0.717) is 23.4 Å². The third kappa shape index (κ3) is 3.24. The van der Waals surface area contributed by atoms with E-state index in [2.05, 4.69) is 9.97 Å². The zero-order valence-corrected chi connectivity index (χ0v) is 13.3. The molecule has 0 spiro atoms. The quantitative estimate of drug-likeness (QED) is 0.832. The molecule has 0 aromatic carbocycles. The first-order valence-corrected chi connectivity index (χ1v) is 7.25. The number of nitrogens with zero attached hydrogens (tertiary/aromatic N) is 1. The average molecular weight is 300 g/mol. The zero-order valence-electron chi connectivity index (χ0n) is 13.3. The predicted octanol–water partition coefficient (Wildman–Crippen LogP) is 3.05. The summed E-state index contributed by atoms with van der Waals surface area (Å²) in [6, 6.07) is 3.60. The molecule has 22 heavy (non-hydrogen) atoms. The van der Waals surface area contributed by atoms with Gasteiger partial charge in [0.05, 0.1) is 11.9 Å². The van der Waals surface area contributed by atoms with E-state index in [1.807, 2.05) is 19.9 Å². The van der Waals surface area contributed by atoms with Gasteiger partial charge in [-0.1, -0.05) is 6.92 Å². The van der Waals surface area contributed by atoms with Crippen LogP contribution in [0.2, 0.25) is 0 Å². The van der Waals surface area contributed by atoms with Gasteiger partial charge in [0.1, 0.15) is 5.75 Å². The molecular formula is C17H20N2O3. The Bertz CT molecular complexity index is 699. The van der Waals surface area contributed by atoms with Gasteiger partial charge in [0.2, 0.25) is 5.78 Å². The second kappa shape index (κ2) is 6.56. The summed E-state index contributed by atoms with van der Waals surface area (Å²) in [6.45, 7) is 7.04. The number of carbonyl (C=O) groups excluding carboxylic acids is 2. The van der Waals surface area contributed by atoms with E-state index in [-0.39, 0.29) is 18.2 Å². The molecule has 0 amide bonds. The van der Waals surface area contributed by atoms with E-state index < -0.39 is 0 Å². The molecule has 0 unspecified atom stereocenters. The average Bonchev–Trinajstić information content (AvgIpc) is 2.83. The number of carbonyl (C=O) groups is 2. The summed E-state index contributed by atoms with van der Waals surface area (Å²) in [6.07, 6.45) is 2.21. The second-order valence-corrected chi connectivity index (χ2v) is 5.24. The molecule has 0 aliphatic heterocycles. The number of hydrogen-bond acceptors (Lipinski definition) is 4. The van der Waals surface area contributed by atoms with Crippen LogP contribution in [-0.2, 0) is 6.42 Å². The highest BCUT2D eigenvalue weighted by Gasteiger charge is 2.21. The van der Waals surface area contributed by atoms with Crippen LogP contribution in [-0.4, -0.2) is 28.1 Å². The lowest BCUT2D eigenvalue weighted by molar-refractivity contribution is 0.0915. The van der Waals surface area contributed by atoms with Crippen molar-refractivity contribution in [1.29, 1.82) is 0 Å². The van der Waals surface area contributed by atoms with Gasteiger partial charge in [0, 0.05) is 17.0 Å². The van der Waals surface area contributed by atoms with Crippen molar-refractivity contribution in [1.82, 2.24) is 9.97 Å². The molecular weight excluding hydrogens is 280 g/mol. The van der Waals surface area contributed by atoms with Gasteiger partial charge in [-0.15, -0.1) is 0 Å². The number of ketones is 2. The summed E-state index contributed by atoms with van der Waals surface area (Å²) >= 11 is 0. The first kappa shape index (κ1) is 15.9. The number of ether oxygens (including phenoxy) is 1. The fourth-order valence-corrected chi connectivity index (χ4v) is 2.51. The number of aromatic nitrogens is 2. The molecule has 2 heterocycles. The molecule has 0 aliphatic rings. The van der Waals surface area contributed by atoms with E-state index >= 15 is 0 Å². The molecule has 0 saturated heterocycles. The minimum Gasteiger partial charge on any atom is -0.484 e. The van der Waals surface area contributed by atoms with Gasteiger partial charge >= 0.3 is 0 Å². The van der Waals surface area contributed by atoms with Crippen LogP contribution in [0.3, 0.4) is 0 Å². The van der Waals surface area contributed by atoms with E-state index in [9.17, 15) is 9.59 Å². The van der Waals surface area contributed by atoms with Crippen LogP contribution in [0.15, 0.2) is 18.3 Å². The van der Waals surface area contributed by atoms with E-state index in [1.165, 1.54) is 6.92 Å². The number of aryl methyl sites for hydroxylation is 2. The Kier molecular flexibility index (Phi) is 4.75. The van der Waals surface area contributed by atoms with Crippen molar-refractivity contribution >= 4 is 11.6 Å². The first-order valence-electron chi connectivity index (χ1n) is 7.25. The normalized spacial score (nSPS) is 10.5. The fraction of sp³-hybridized carbons (Fsp3) is 0.353. The molecule has 5 heteroatoms. The first-order chi connectivity index (χ1) is 10.4.